The van der Waals surface area contributed by atoms with E-state index in [1.807, 2.05) is 26.8 Å². The molecular weight excluding hydrogens is 474 g/mol. The van der Waals surface area contributed by atoms with Gasteiger partial charge in [-0.25, -0.2) is 4.98 Å². The average Bonchev–Trinajstić information content (AvgIpc) is 3.18. The molecular formula is C23H26BrN5O3. The van der Waals surface area contributed by atoms with Gasteiger partial charge in [0.2, 0.25) is 5.95 Å². The third-order valence-electron chi connectivity index (χ3n) is 5.52. The molecule has 32 heavy (non-hydrogen) atoms. The molecule has 2 N–H and O–H groups in total. The summed E-state index contributed by atoms with van der Waals surface area (Å²) in [6, 6.07) is 6.99. The molecule has 8 nitrogen and oxygen atoms in total. The number of ether oxygens (including phenoxy) is 1. The van der Waals surface area contributed by atoms with Gasteiger partial charge >= 0.3 is 0 Å². The number of rotatable bonds is 4. The molecule has 0 radical (unpaired) electrons. The molecule has 0 atom stereocenters. The molecule has 0 fully saturated rings. The van der Waals surface area contributed by atoms with Crippen LogP contribution in [0.3, 0.4) is 0 Å². The number of hydrogen-bond donors (Lipinski definition) is 2. The third-order valence-corrected chi connectivity index (χ3v) is 6.21. The van der Waals surface area contributed by atoms with Crippen molar-refractivity contribution in [2.75, 3.05) is 12.4 Å². The maximum absolute atomic E-state index is 13.1. The van der Waals surface area contributed by atoms with E-state index < -0.39 is 0 Å². The fraction of sp³-hybridized carbons (Fsp3) is 0.391. The van der Waals surface area contributed by atoms with Gasteiger partial charge in [-0.3, -0.25) is 14.6 Å². The fourth-order valence-electron chi connectivity index (χ4n) is 3.68. The highest BCUT2D eigenvalue weighted by Crippen LogP contribution is 2.28. The van der Waals surface area contributed by atoms with E-state index in [4.69, 9.17) is 4.74 Å². The van der Waals surface area contributed by atoms with Gasteiger partial charge in [-0.2, -0.15) is 9.78 Å². The summed E-state index contributed by atoms with van der Waals surface area (Å²) in [5.74, 6) is 0.959. The molecule has 0 aliphatic heterocycles. The molecule has 0 unspecified atom stereocenters. The van der Waals surface area contributed by atoms with Crippen LogP contribution < -0.4 is 15.6 Å². The van der Waals surface area contributed by atoms with Gasteiger partial charge in [0.05, 0.1) is 24.1 Å². The van der Waals surface area contributed by atoms with E-state index in [1.165, 1.54) is 4.68 Å². The van der Waals surface area contributed by atoms with Crippen molar-refractivity contribution in [1.29, 1.82) is 0 Å². The Kier molecular flexibility index (Phi) is 5.94. The van der Waals surface area contributed by atoms with Crippen molar-refractivity contribution >= 4 is 27.7 Å². The lowest BCUT2D eigenvalue weighted by molar-refractivity contribution is 0.102. The number of H-pyrrole nitrogens is 1. The van der Waals surface area contributed by atoms with Gasteiger partial charge in [-0.05, 0) is 59.8 Å². The molecule has 3 aromatic rings. The highest BCUT2D eigenvalue weighted by Gasteiger charge is 2.24. The molecule has 0 bridgehead atoms. The van der Waals surface area contributed by atoms with Gasteiger partial charge in [0, 0.05) is 21.5 Å². The molecule has 1 amide bonds. The van der Waals surface area contributed by atoms with E-state index >= 15 is 0 Å². The first kappa shape index (κ1) is 22.3. The van der Waals surface area contributed by atoms with Crippen LogP contribution in [-0.2, 0) is 18.3 Å². The fourth-order valence-corrected chi connectivity index (χ4v) is 4.10. The van der Waals surface area contributed by atoms with Crippen LogP contribution in [0.2, 0.25) is 0 Å². The first-order valence-electron chi connectivity index (χ1n) is 10.6. The Morgan fingerprint density at radius 1 is 1.22 bits per heavy atom. The Balaban J connectivity index is 1.78. The van der Waals surface area contributed by atoms with Gasteiger partial charge in [-0.1, -0.05) is 20.8 Å². The lowest BCUT2D eigenvalue weighted by Crippen LogP contribution is -2.25. The van der Waals surface area contributed by atoms with E-state index in [0.29, 0.717) is 27.6 Å². The van der Waals surface area contributed by atoms with Crippen molar-refractivity contribution in [1.82, 2.24) is 19.7 Å². The van der Waals surface area contributed by atoms with Crippen LogP contribution in [0.1, 0.15) is 60.9 Å². The number of aromatic amines is 1. The molecule has 0 saturated carbocycles. The van der Waals surface area contributed by atoms with Gasteiger partial charge < -0.3 is 10.1 Å². The van der Waals surface area contributed by atoms with E-state index in [1.54, 1.807) is 25.3 Å². The average molecular weight is 500 g/mol. The largest absolute Gasteiger partial charge is 0.497 e. The minimum Gasteiger partial charge on any atom is -0.497 e. The Bertz CT molecular complexity index is 1240. The Morgan fingerprint density at radius 3 is 2.69 bits per heavy atom. The summed E-state index contributed by atoms with van der Waals surface area (Å²) in [5.41, 5.74) is 2.31. The molecule has 0 spiro atoms. The second-order valence-electron chi connectivity index (χ2n) is 8.90. The topological polar surface area (TPSA) is 102 Å². The lowest BCUT2D eigenvalue weighted by atomic mass is 9.92. The number of aryl methyl sites for hydroxylation is 1. The zero-order valence-electron chi connectivity index (χ0n) is 18.6. The standard InChI is InChI=1S/C23H26BrN5O3/c1-23(2,3)18-12-19(26-21(31)15-11-13(32-4)9-10-16(15)24)29(28-18)22-25-17-8-6-5-7-14(17)20(30)27-22/h9-12H,5-8H2,1-4H3,(H,26,31)(H,25,27,30). The number of benzene rings is 1. The number of halogens is 1. The normalized spacial score (nSPS) is 13.5. The van der Waals surface area contributed by atoms with Crippen LogP contribution in [0.15, 0.2) is 33.5 Å². The zero-order valence-corrected chi connectivity index (χ0v) is 20.2. The summed E-state index contributed by atoms with van der Waals surface area (Å²) in [5, 5.41) is 7.60. The van der Waals surface area contributed by atoms with Crippen LogP contribution in [0, 0.1) is 0 Å². The Labute approximate surface area is 194 Å². The molecule has 2 heterocycles. The number of aromatic nitrogens is 4. The quantitative estimate of drug-likeness (QED) is 0.561. The zero-order chi connectivity index (χ0) is 23.0. The van der Waals surface area contributed by atoms with Crippen molar-refractivity contribution in [2.24, 2.45) is 0 Å². The molecule has 2 aromatic heterocycles. The molecule has 1 aromatic carbocycles. The summed E-state index contributed by atoms with van der Waals surface area (Å²) in [6.45, 7) is 6.10. The molecule has 168 valence electrons. The summed E-state index contributed by atoms with van der Waals surface area (Å²) in [4.78, 5) is 33.3. The Morgan fingerprint density at radius 2 is 1.97 bits per heavy atom. The van der Waals surface area contributed by atoms with Crippen LogP contribution in [0.25, 0.3) is 5.95 Å². The monoisotopic (exact) mass is 499 g/mol. The molecule has 1 aliphatic rings. The second kappa shape index (κ2) is 8.54. The summed E-state index contributed by atoms with van der Waals surface area (Å²) in [6.07, 6.45) is 3.49. The van der Waals surface area contributed by atoms with Crippen molar-refractivity contribution in [3.63, 3.8) is 0 Å². The summed E-state index contributed by atoms with van der Waals surface area (Å²) in [7, 11) is 1.55. The van der Waals surface area contributed by atoms with Crippen LogP contribution in [0.5, 0.6) is 5.75 Å². The van der Waals surface area contributed by atoms with Crippen molar-refractivity contribution < 1.29 is 9.53 Å². The van der Waals surface area contributed by atoms with E-state index in [-0.39, 0.29) is 16.9 Å². The Hall–Kier alpha value is -2.94. The predicted octanol–water partition coefficient (Wildman–Crippen LogP) is 4.16. The maximum atomic E-state index is 13.1. The molecule has 9 heteroatoms. The minimum absolute atomic E-state index is 0.148. The summed E-state index contributed by atoms with van der Waals surface area (Å²) >= 11 is 3.43. The molecule has 4 rings (SSSR count). The summed E-state index contributed by atoms with van der Waals surface area (Å²) < 4.78 is 7.39. The molecule has 1 aliphatic carbocycles. The highest BCUT2D eigenvalue weighted by atomic mass is 79.9. The number of carbonyl (C=O) groups is 1. The number of carbonyl (C=O) groups excluding carboxylic acids is 1. The van der Waals surface area contributed by atoms with Gasteiger partial charge in [-0.15, -0.1) is 0 Å². The first-order chi connectivity index (χ1) is 15.2. The van der Waals surface area contributed by atoms with Gasteiger partial charge in [0.25, 0.3) is 11.5 Å². The lowest BCUT2D eigenvalue weighted by Gasteiger charge is -2.16. The van der Waals surface area contributed by atoms with Crippen molar-refractivity contribution in [2.45, 2.75) is 51.9 Å². The highest BCUT2D eigenvalue weighted by molar-refractivity contribution is 9.10. The van der Waals surface area contributed by atoms with Crippen LogP contribution in [0.4, 0.5) is 5.82 Å². The van der Waals surface area contributed by atoms with E-state index in [9.17, 15) is 9.59 Å². The SMILES string of the molecule is COc1ccc(Br)c(C(=O)Nc2cc(C(C)(C)C)nn2-c2nc3c(c(=O)[nH]2)CCCC3)c1. The predicted molar refractivity (Wildman–Crippen MR) is 126 cm³/mol. The molecule has 0 saturated heterocycles. The van der Waals surface area contributed by atoms with E-state index in [0.717, 1.165) is 42.6 Å². The van der Waals surface area contributed by atoms with Crippen LogP contribution in [-0.4, -0.2) is 32.8 Å². The smallest absolute Gasteiger partial charge is 0.258 e. The number of amides is 1. The number of anilines is 1. The number of nitrogens with zero attached hydrogens (tertiary/aromatic N) is 3. The number of fused-ring (bicyclic) bond motifs is 1. The van der Waals surface area contributed by atoms with Crippen molar-refractivity contribution in [3.8, 4) is 11.7 Å². The van der Waals surface area contributed by atoms with Gasteiger partial charge in [0.15, 0.2) is 0 Å². The van der Waals surface area contributed by atoms with Crippen LogP contribution >= 0.6 is 15.9 Å². The second-order valence-corrected chi connectivity index (χ2v) is 9.75. The first-order valence-corrected chi connectivity index (χ1v) is 11.3. The van der Waals surface area contributed by atoms with E-state index in [2.05, 4.69) is 36.3 Å². The number of methoxy groups -OCH3 is 1. The maximum Gasteiger partial charge on any atom is 0.258 e. The minimum atomic E-state index is -0.335. The van der Waals surface area contributed by atoms with Gasteiger partial charge in [0.1, 0.15) is 11.6 Å². The number of hydrogen-bond acceptors (Lipinski definition) is 5. The number of nitrogens with one attached hydrogen (secondary N) is 2. The van der Waals surface area contributed by atoms with Crippen molar-refractivity contribution in [3.05, 3.63) is 61.6 Å². The third kappa shape index (κ3) is 4.34.